The Kier molecular flexibility index (Phi) is 4.19. The number of nitrogens with zero attached hydrogens (tertiary/aromatic N) is 2. The van der Waals surface area contributed by atoms with E-state index in [-0.39, 0.29) is 0 Å². The standard InChI is InChI=1S/C9H15BrN2S/c1-4-6-7-8(10)11-9(13-7)12(3)5-2/h4-6H2,1-3H3. The third-order valence-corrected chi connectivity index (χ3v) is 4.06. The van der Waals surface area contributed by atoms with Crippen LogP contribution in [-0.4, -0.2) is 18.6 Å². The van der Waals surface area contributed by atoms with Crippen LogP contribution in [0.5, 0.6) is 0 Å². The van der Waals surface area contributed by atoms with Gasteiger partial charge in [-0.1, -0.05) is 13.3 Å². The van der Waals surface area contributed by atoms with E-state index < -0.39 is 0 Å². The predicted molar refractivity (Wildman–Crippen MR) is 62.8 cm³/mol. The van der Waals surface area contributed by atoms with Gasteiger partial charge in [-0.2, -0.15) is 0 Å². The molecule has 0 unspecified atom stereocenters. The molecule has 0 bridgehead atoms. The fraction of sp³-hybridized carbons (Fsp3) is 0.667. The van der Waals surface area contributed by atoms with Crippen molar-refractivity contribution in [3.8, 4) is 0 Å². The lowest BCUT2D eigenvalue weighted by atomic mass is 10.3. The van der Waals surface area contributed by atoms with Gasteiger partial charge in [0.2, 0.25) is 0 Å². The van der Waals surface area contributed by atoms with Crippen LogP contribution in [0, 0.1) is 0 Å². The van der Waals surface area contributed by atoms with Gasteiger partial charge in [-0.25, -0.2) is 4.98 Å². The van der Waals surface area contributed by atoms with E-state index in [0.717, 1.165) is 22.7 Å². The molecule has 4 heteroatoms. The molecular weight excluding hydrogens is 248 g/mol. The zero-order chi connectivity index (χ0) is 9.84. The van der Waals surface area contributed by atoms with E-state index in [1.165, 1.54) is 11.3 Å². The van der Waals surface area contributed by atoms with Gasteiger partial charge in [0.05, 0.1) is 0 Å². The number of anilines is 1. The highest BCUT2D eigenvalue weighted by Gasteiger charge is 2.09. The molecular formula is C9H15BrN2S. The maximum Gasteiger partial charge on any atom is 0.186 e. The molecule has 0 radical (unpaired) electrons. The number of aryl methyl sites for hydroxylation is 1. The maximum absolute atomic E-state index is 4.46. The van der Waals surface area contributed by atoms with E-state index in [1.807, 2.05) is 0 Å². The summed E-state index contributed by atoms with van der Waals surface area (Å²) in [7, 11) is 2.07. The van der Waals surface area contributed by atoms with Gasteiger partial charge in [0.1, 0.15) is 4.60 Å². The molecule has 1 aromatic heterocycles. The van der Waals surface area contributed by atoms with Crippen molar-refractivity contribution in [3.63, 3.8) is 0 Å². The van der Waals surface area contributed by atoms with Crippen LogP contribution in [0.3, 0.4) is 0 Å². The van der Waals surface area contributed by atoms with Crippen molar-refractivity contribution in [1.82, 2.24) is 4.98 Å². The minimum atomic E-state index is 1.01. The molecule has 0 saturated heterocycles. The van der Waals surface area contributed by atoms with E-state index in [4.69, 9.17) is 0 Å². The van der Waals surface area contributed by atoms with Crippen molar-refractivity contribution in [2.75, 3.05) is 18.5 Å². The number of hydrogen-bond acceptors (Lipinski definition) is 3. The Morgan fingerprint density at radius 3 is 2.69 bits per heavy atom. The molecule has 2 nitrogen and oxygen atoms in total. The summed E-state index contributed by atoms with van der Waals surface area (Å²) >= 11 is 5.27. The average Bonchev–Trinajstić information content (AvgIpc) is 2.47. The lowest BCUT2D eigenvalue weighted by Crippen LogP contribution is -2.15. The van der Waals surface area contributed by atoms with Crippen molar-refractivity contribution in [3.05, 3.63) is 9.48 Å². The molecule has 0 aliphatic heterocycles. The van der Waals surface area contributed by atoms with Crippen molar-refractivity contribution >= 4 is 32.4 Å². The minimum Gasteiger partial charge on any atom is -0.351 e. The monoisotopic (exact) mass is 262 g/mol. The second-order valence-electron chi connectivity index (χ2n) is 2.97. The van der Waals surface area contributed by atoms with Gasteiger partial charge in [0, 0.05) is 18.5 Å². The summed E-state index contributed by atoms with van der Waals surface area (Å²) in [4.78, 5) is 7.98. The minimum absolute atomic E-state index is 1.01. The molecule has 0 spiro atoms. The van der Waals surface area contributed by atoms with Gasteiger partial charge in [-0.3, -0.25) is 0 Å². The largest absolute Gasteiger partial charge is 0.351 e. The smallest absolute Gasteiger partial charge is 0.186 e. The Labute approximate surface area is 92.1 Å². The number of hydrogen-bond donors (Lipinski definition) is 0. The third-order valence-electron chi connectivity index (χ3n) is 1.92. The van der Waals surface area contributed by atoms with Crippen molar-refractivity contribution in [2.45, 2.75) is 26.7 Å². The molecule has 0 aliphatic carbocycles. The first-order valence-electron chi connectivity index (χ1n) is 4.55. The van der Waals surface area contributed by atoms with Crippen LogP contribution in [0.4, 0.5) is 5.13 Å². The molecule has 1 heterocycles. The lowest BCUT2D eigenvalue weighted by molar-refractivity contribution is 0.926. The van der Waals surface area contributed by atoms with Gasteiger partial charge in [-0.05, 0) is 29.3 Å². The van der Waals surface area contributed by atoms with Crippen LogP contribution in [0.15, 0.2) is 4.60 Å². The zero-order valence-corrected chi connectivity index (χ0v) is 10.7. The summed E-state index contributed by atoms with van der Waals surface area (Å²) in [6.45, 7) is 5.33. The first-order chi connectivity index (χ1) is 6.19. The third kappa shape index (κ3) is 2.68. The van der Waals surface area contributed by atoms with Crippen molar-refractivity contribution in [1.29, 1.82) is 0 Å². The highest BCUT2D eigenvalue weighted by atomic mass is 79.9. The first kappa shape index (κ1) is 11.0. The number of thiazole rings is 1. The second-order valence-corrected chi connectivity index (χ2v) is 4.79. The second kappa shape index (κ2) is 4.96. The average molecular weight is 263 g/mol. The summed E-state index contributed by atoms with van der Waals surface area (Å²) in [6, 6.07) is 0. The summed E-state index contributed by atoms with van der Waals surface area (Å²) in [6.07, 6.45) is 2.30. The quantitative estimate of drug-likeness (QED) is 0.828. The van der Waals surface area contributed by atoms with Crippen LogP contribution in [0.1, 0.15) is 25.1 Å². The fourth-order valence-electron chi connectivity index (χ4n) is 1.00. The van der Waals surface area contributed by atoms with Crippen LogP contribution >= 0.6 is 27.3 Å². The zero-order valence-electron chi connectivity index (χ0n) is 8.30. The molecule has 1 aromatic rings. The molecule has 74 valence electrons. The molecule has 0 atom stereocenters. The van der Waals surface area contributed by atoms with Gasteiger partial charge >= 0.3 is 0 Å². The molecule has 1 rings (SSSR count). The van der Waals surface area contributed by atoms with E-state index in [0.29, 0.717) is 0 Å². The highest BCUT2D eigenvalue weighted by Crippen LogP contribution is 2.30. The fourth-order valence-corrected chi connectivity index (χ4v) is 2.81. The normalized spacial score (nSPS) is 10.5. The Hall–Kier alpha value is -0.0900. The summed E-state index contributed by atoms with van der Waals surface area (Å²) in [5.41, 5.74) is 0. The van der Waals surface area contributed by atoms with E-state index in [2.05, 4.69) is 46.7 Å². The molecule has 0 aliphatic rings. The molecule has 0 fully saturated rings. The predicted octanol–water partition coefficient (Wildman–Crippen LogP) is 3.31. The van der Waals surface area contributed by atoms with Crippen LogP contribution < -0.4 is 4.90 Å². The Morgan fingerprint density at radius 1 is 1.46 bits per heavy atom. The Morgan fingerprint density at radius 2 is 2.15 bits per heavy atom. The Balaban J connectivity index is 2.81. The van der Waals surface area contributed by atoms with Gasteiger partial charge in [0.15, 0.2) is 5.13 Å². The number of aromatic nitrogens is 1. The van der Waals surface area contributed by atoms with Gasteiger partial charge < -0.3 is 4.90 Å². The molecule has 0 amide bonds. The molecule has 0 aromatic carbocycles. The first-order valence-corrected chi connectivity index (χ1v) is 6.16. The van der Waals surface area contributed by atoms with Crippen molar-refractivity contribution < 1.29 is 0 Å². The Bertz CT molecular complexity index is 273. The summed E-state index contributed by atoms with van der Waals surface area (Å²) in [5, 5.41) is 1.11. The summed E-state index contributed by atoms with van der Waals surface area (Å²) < 4.78 is 1.02. The van der Waals surface area contributed by atoms with E-state index in [1.54, 1.807) is 11.3 Å². The van der Waals surface area contributed by atoms with Crippen LogP contribution in [0.2, 0.25) is 0 Å². The van der Waals surface area contributed by atoms with Crippen LogP contribution in [0.25, 0.3) is 0 Å². The molecule has 0 saturated carbocycles. The van der Waals surface area contributed by atoms with Crippen LogP contribution in [-0.2, 0) is 6.42 Å². The lowest BCUT2D eigenvalue weighted by Gasteiger charge is -2.10. The van der Waals surface area contributed by atoms with Gasteiger partial charge in [-0.15, -0.1) is 11.3 Å². The van der Waals surface area contributed by atoms with Crippen molar-refractivity contribution in [2.24, 2.45) is 0 Å². The maximum atomic E-state index is 4.46. The SMILES string of the molecule is CCCc1sc(N(C)CC)nc1Br. The van der Waals surface area contributed by atoms with E-state index >= 15 is 0 Å². The topological polar surface area (TPSA) is 16.1 Å². The number of halogens is 1. The summed E-state index contributed by atoms with van der Waals surface area (Å²) in [5.74, 6) is 0. The van der Waals surface area contributed by atoms with Gasteiger partial charge in [0.25, 0.3) is 0 Å². The van der Waals surface area contributed by atoms with E-state index in [9.17, 15) is 0 Å². The molecule has 13 heavy (non-hydrogen) atoms. The number of rotatable bonds is 4. The molecule has 0 N–H and O–H groups in total. The highest BCUT2D eigenvalue weighted by molar-refractivity contribution is 9.10.